The Morgan fingerprint density at radius 2 is 1.75 bits per heavy atom. The highest BCUT2D eigenvalue weighted by Gasteiger charge is 2.06. The van der Waals surface area contributed by atoms with Crippen molar-refractivity contribution in [1.82, 2.24) is 10.6 Å². The predicted molar refractivity (Wildman–Crippen MR) is 88.7 cm³/mol. The number of rotatable bonds is 7. The maximum atomic E-state index is 13.0. The molecule has 0 fully saturated rings. The summed E-state index contributed by atoms with van der Waals surface area (Å²) >= 11 is 5.62. The van der Waals surface area contributed by atoms with Crippen molar-refractivity contribution >= 4 is 23.4 Å². The Bertz CT molecular complexity index is 710. The molecule has 0 radical (unpaired) electrons. The molecule has 0 aliphatic carbocycles. The summed E-state index contributed by atoms with van der Waals surface area (Å²) in [5.41, 5.74) is 0.556. The average molecular weight is 351 g/mol. The fraction of sp³-hybridized carbons (Fsp3) is 0.176. The third-order valence-electron chi connectivity index (χ3n) is 3.03. The lowest BCUT2D eigenvalue weighted by Gasteiger charge is -2.09. The molecule has 0 unspecified atom stereocenters. The van der Waals surface area contributed by atoms with E-state index < -0.39 is 5.82 Å². The fourth-order valence-electron chi connectivity index (χ4n) is 1.84. The van der Waals surface area contributed by atoms with Crippen molar-refractivity contribution in [1.29, 1.82) is 0 Å². The minimum atomic E-state index is -0.553. The van der Waals surface area contributed by atoms with Crippen LogP contribution >= 0.6 is 11.6 Å². The molecule has 24 heavy (non-hydrogen) atoms. The fourth-order valence-corrected chi connectivity index (χ4v) is 2.01. The third kappa shape index (κ3) is 5.55. The number of benzene rings is 2. The first-order valence-corrected chi connectivity index (χ1v) is 7.62. The first-order valence-electron chi connectivity index (χ1n) is 7.24. The Morgan fingerprint density at radius 3 is 2.46 bits per heavy atom. The highest BCUT2D eigenvalue weighted by Crippen LogP contribution is 2.20. The monoisotopic (exact) mass is 350 g/mol. The zero-order chi connectivity index (χ0) is 17.4. The van der Waals surface area contributed by atoms with Gasteiger partial charge in [0.15, 0.2) is 6.61 Å². The normalized spacial score (nSPS) is 10.1. The molecule has 126 valence electrons. The summed E-state index contributed by atoms with van der Waals surface area (Å²) in [5.74, 6) is -0.817. The van der Waals surface area contributed by atoms with E-state index in [1.165, 1.54) is 12.1 Å². The molecule has 2 amide bonds. The summed E-state index contributed by atoms with van der Waals surface area (Å²) in [6.07, 6.45) is 0. The molecule has 0 saturated heterocycles. The van der Waals surface area contributed by atoms with Gasteiger partial charge in [0.1, 0.15) is 11.6 Å². The number of hydrogen-bond acceptors (Lipinski definition) is 3. The Labute approximate surface area is 143 Å². The van der Waals surface area contributed by atoms with Gasteiger partial charge in [-0.3, -0.25) is 9.59 Å². The van der Waals surface area contributed by atoms with Gasteiger partial charge in [0, 0.05) is 24.7 Å². The quantitative estimate of drug-likeness (QED) is 0.753. The van der Waals surface area contributed by atoms with Gasteiger partial charge in [0.2, 0.25) is 0 Å². The van der Waals surface area contributed by atoms with Gasteiger partial charge in [0.05, 0.1) is 5.02 Å². The zero-order valence-electron chi connectivity index (χ0n) is 12.7. The van der Waals surface area contributed by atoms with Crippen LogP contribution in [0, 0.1) is 5.82 Å². The van der Waals surface area contributed by atoms with Crippen molar-refractivity contribution in [2.75, 3.05) is 19.7 Å². The molecule has 0 spiro atoms. The maximum absolute atomic E-state index is 13.0. The van der Waals surface area contributed by atoms with Crippen molar-refractivity contribution < 1.29 is 18.7 Å². The second-order valence-electron chi connectivity index (χ2n) is 4.84. The van der Waals surface area contributed by atoms with Gasteiger partial charge >= 0.3 is 0 Å². The van der Waals surface area contributed by atoms with Crippen LogP contribution in [0.2, 0.25) is 5.02 Å². The van der Waals surface area contributed by atoms with Crippen LogP contribution in [0.5, 0.6) is 5.75 Å². The average Bonchev–Trinajstić information content (AvgIpc) is 2.60. The Morgan fingerprint density at radius 1 is 1.04 bits per heavy atom. The van der Waals surface area contributed by atoms with E-state index in [0.717, 1.165) is 6.07 Å². The summed E-state index contributed by atoms with van der Waals surface area (Å²) in [6.45, 7) is 0.335. The van der Waals surface area contributed by atoms with Gasteiger partial charge in [-0.05, 0) is 24.3 Å². The van der Waals surface area contributed by atoms with Crippen molar-refractivity contribution in [3.05, 3.63) is 64.9 Å². The highest BCUT2D eigenvalue weighted by atomic mass is 35.5. The molecule has 0 saturated carbocycles. The molecule has 2 N–H and O–H groups in total. The van der Waals surface area contributed by atoms with Crippen molar-refractivity contribution in [2.24, 2.45) is 0 Å². The lowest BCUT2D eigenvalue weighted by Crippen LogP contribution is -2.36. The Hall–Kier alpha value is -2.60. The summed E-state index contributed by atoms with van der Waals surface area (Å²) in [7, 11) is 0. The zero-order valence-corrected chi connectivity index (χ0v) is 13.5. The second-order valence-corrected chi connectivity index (χ2v) is 5.24. The van der Waals surface area contributed by atoms with Crippen LogP contribution in [-0.2, 0) is 4.79 Å². The molecule has 2 aromatic rings. The molecule has 0 aromatic heterocycles. The van der Waals surface area contributed by atoms with Crippen LogP contribution in [0.25, 0.3) is 0 Å². The summed E-state index contributed by atoms with van der Waals surface area (Å²) < 4.78 is 18.2. The molecular formula is C17H16ClFN2O3. The molecule has 0 heterocycles. The minimum Gasteiger partial charge on any atom is -0.484 e. The van der Waals surface area contributed by atoms with Crippen molar-refractivity contribution in [2.45, 2.75) is 0 Å². The van der Waals surface area contributed by atoms with E-state index in [9.17, 15) is 14.0 Å². The lowest BCUT2D eigenvalue weighted by atomic mass is 10.2. The largest absolute Gasteiger partial charge is 0.484 e. The van der Waals surface area contributed by atoms with Gasteiger partial charge < -0.3 is 15.4 Å². The Kier molecular flexibility index (Phi) is 6.57. The molecule has 5 nitrogen and oxygen atoms in total. The van der Waals surface area contributed by atoms with Crippen LogP contribution in [0.3, 0.4) is 0 Å². The topological polar surface area (TPSA) is 67.4 Å². The number of carbonyl (C=O) groups is 2. The standard InChI is InChI=1S/C17H16ClFN2O3/c18-14-10-13(6-7-15(14)19)24-11-16(22)20-8-9-21-17(23)12-4-2-1-3-5-12/h1-7,10H,8-9,11H2,(H,20,22)(H,21,23). The van der Waals surface area contributed by atoms with E-state index in [4.69, 9.17) is 16.3 Å². The van der Waals surface area contributed by atoms with Crippen molar-refractivity contribution in [3.63, 3.8) is 0 Å². The molecule has 0 bridgehead atoms. The minimum absolute atomic E-state index is 0.0727. The number of amides is 2. The molecule has 7 heteroatoms. The number of ether oxygens (including phenoxy) is 1. The number of halogens is 2. The summed E-state index contributed by atoms with van der Waals surface area (Å²) in [4.78, 5) is 23.4. The van der Waals surface area contributed by atoms with Crippen LogP contribution in [0.15, 0.2) is 48.5 Å². The smallest absolute Gasteiger partial charge is 0.258 e. The van der Waals surface area contributed by atoms with E-state index in [2.05, 4.69) is 10.6 Å². The third-order valence-corrected chi connectivity index (χ3v) is 3.32. The molecule has 0 aliphatic rings. The van der Waals surface area contributed by atoms with E-state index in [-0.39, 0.29) is 30.0 Å². The number of hydrogen-bond donors (Lipinski definition) is 2. The van der Waals surface area contributed by atoms with Gasteiger partial charge in [-0.25, -0.2) is 4.39 Å². The second kappa shape index (κ2) is 8.88. The van der Waals surface area contributed by atoms with Gasteiger partial charge in [-0.15, -0.1) is 0 Å². The van der Waals surface area contributed by atoms with E-state index in [1.54, 1.807) is 24.3 Å². The summed E-state index contributed by atoms with van der Waals surface area (Å²) in [5, 5.41) is 5.22. The number of carbonyl (C=O) groups excluding carboxylic acids is 2. The number of nitrogens with one attached hydrogen (secondary N) is 2. The molecule has 2 rings (SSSR count). The van der Waals surface area contributed by atoms with Crippen molar-refractivity contribution in [3.8, 4) is 5.75 Å². The molecule has 0 aliphatic heterocycles. The van der Waals surface area contributed by atoms with E-state index in [0.29, 0.717) is 17.9 Å². The maximum Gasteiger partial charge on any atom is 0.258 e. The predicted octanol–water partition coefficient (Wildman–Crippen LogP) is 2.40. The first kappa shape index (κ1) is 17.7. The van der Waals surface area contributed by atoms with Crippen LogP contribution in [0.4, 0.5) is 4.39 Å². The van der Waals surface area contributed by atoms with Crippen LogP contribution in [-0.4, -0.2) is 31.5 Å². The molecule has 2 aromatic carbocycles. The SMILES string of the molecule is O=C(COc1ccc(F)c(Cl)c1)NCCNC(=O)c1ccccc1. The summed E-state index contributed by atoms with van der Waals surface area (Å²) in [6, 6.07) is 12.6. The molecular weight excluding hydrogens is 335 g/mol. The Balaban J connectivity index is 1.64. The van der Waals surface area contributed by atoms with Crippen LogP contribution < -0.4 is 15.4 Å². The van der Waals surface area contributed by atoms with Gasteiger partial charge in [0.25, 0.3) is 11.8 Å². The lowest BCUT2D eigenvalue weighted by molar-refractivity contribution is -0.123. The van der Waals surface area contributed by atoms with E-state index >= 15 is 0 Å². The van der Waals surface area contributed by atoms with Crippen LogP contribution in [0.1, 0.15) is 10.4 Å². The van der Waals surface area contributed by atoms with E-state index in [1.807, 2.05) is 6.07 Å². The highest BCUT2D eigenvalue weighted by molar-refractivity contribution is 6.30. The molecule has 0 atom stereocenters. The first-order chi connectivity index (χ1) is 11.6. The van der Waals surface area contributed by atoms with Gasteiger partial charge in [-0.2, -0.15) is 0 Å². The van der Waals surface area contributed by atoms with Gasteiger partial charge in [-0.1, -0.05) is 29.8 Å².